The molecule has 24 heavy (non-hydrogen) atoms. The van der Waals surface area contributed by atoms with Crippen molar-refractivity contribution in [1.82, 2.24) is 0 Å². The number of benzene rings is 2. The van der Waals surface area contributed by atoms with Gasteiger partial charge in [0.05, 0.1) is 0 Å². The van der Waals surface area contributed by atoms with Gasteiger partial charge in [0.15, 0.2) is 0 Å². The number of fused-ring (bicyclic) bond motifs is 4. The van der Waals surface area contributed by atoms with Crippen LogP contribution in [0.1, 0.15) is 31.4 Å². The van der Waals surface area contributed by atoms with Crippen molar-refractivity contribution in [3.05, 3.63) is 79.0 Å². The summed E-state index contributed by atoms with van der Waals surface area (Å²) in [5, 5.41) is 0. The molecule has 0 saturated heterocycles. The Morgan fingerprint density at radius 1 is 0.792 bits per heavy atom. The first-order valence-corrected chi connectivity index (χ1v) is 10.8. The van der Waals surface area contributed by atoms with E-state index in [1.807, 2.05) is 0 Å². The van der Waals surface area contributed by atoms with E-state index in [0.29, 0.717) is 16.7 Å². The van der Waals surface area contributed by atoms with Gasteiger partial charge in [-0.05, 0) is 104 Å². The van der Waals surface area contributed by atoms with E-state index in [1.54, 1.807) is 11.1 Å². The molecule has 0 amide bonds. The zero-order chi connectivity index (χ0) is 16.7. The van der Waals surface area contributed by atoms with Gasteiger partial charge in [-0.15, -0.1) is 0 Å². The lowest BCUT2D eigenvalue weighted by Crippen LogP contribution is -2.49. The molecule has 3 aliphatic rings. The Hall–Kier alpha value is -0.360. The zero-order valence-corrected chi connectivity index (χ0v) is 18.2. The third-order valence-corrected chi connectivity index (χ3v) is 8.79. The van der Waals surface area contributed by atoms with Crippen molar-refractivity contribution >= 4 is 45.2 Å². The Morgan fingerprint density at radius 2 is 1.29 bits per heavy atom. The van der Waals surface area contributed by atoms with Crippen LogP contribution in [0.2, 0.25) is 0 Å². The largest absolute Gasteiger partial charge is 0.0879 e. The van der Waals surface area contributed by atoms with E-state index in [-0.39, 0.29) is 5.41 Å². The Kier molecular flexibility index (Phi) is 3.22. The highest BCUT2D eigenvalue weighted by molar-refractivity contribution is 14.1. The lowest BCUT2D eigenvalue weighted by Gasteiger charge is -2.48. The molecule has 2 aromatic carbocycles. The van der Waals surface area contributed by atoms with Crippen LogP contribution in [-0.4, -0.2) is 0 Å². The number of allylic oxidation sites excluding steroid dienone is 2. The second kappa shape index (κ2) is 4.87. The second-order valence-corrected chi connectivity index (χ2v) is 10.5. The Balaban J connectivity index is 1.74. The van der Waals surface area contributed by atoms with Crippen molar-refractivity contribution in [2.24, 2.45) is 17.3 Å². The first kappa shape index (κ1) is 15.9. The van der Waals surface area contributed by atoms with E-state index in [9.17, 15) is 0 Å². The summed E-state index contributed by atoms with van der Waals surface area (Å²) in [6.45, 7) is 5.02. The van der Waals surface area contributed by atoms with E-state index in [1.165, 1.54) is 13.6 Å². The maximum absolute atomic E-state index is 2.52. The first-order chi connectivity index (χ1) is 11.5. The third-order valence-electron chi connectivity index (χ3n) is 7.35. The molecule has 3 aliphatic carbocycles. The molecule has 2 heteroatoms. The molecular formula is C22H20I2. The minimum absolute atomic E-state index is 0.273. The highest BCUT2D eigenvalue weighted by atomic mass is 127. The molecule has 0 spiro atoms. The lowest BCUT2D eigenvalue weighted by molar-refractivity contribution is 0.145. The van der Waals surface area contributed by atoms with Crippen molar-refractivity contribution in [3.8, 4) is 0 Å². The fraction of sp³-hybridized carbons (Fsp3) is 0.364. The molecule has 0 nitrogen and oxygen atoms in total. The van der Waals surface area contributed by atoms with E-state index in [0.717, 1.165) is 5.92 Å². The molecule has 122 valence electrons. The van der Waals surface area contributed by atoms with E-state index >= 15 is 0 Å². The minimum atomic E-state index is 0.273. The smallest absolute Gasteiger partial charge is 0.0184 e. The normalized spacial score (nSPS) is 37.5. The van der Waals surface area contributed by atoms with Crippen molar-refractivity contribution in [1.29, 1.82) is 0 Å². The number of hydrogen-bond acceptors (Lipinski definition) is 0. The maximum atomic E-state index is 2.52. The molecular weight excluding hydrogens is 518 g/mol. The van der Waals surface area contributed by atoms with Crippen LogP contribution in [0.4, 0.5) is 0 Å². The fourth-order valence-corrected chi connectivity index (χ4v) is 7.56. The summed E-state index contributed by atoms with van der Waals surface area (Å²) in [5.74, 6) is 1.47. The van der Waals surface area contributed by atoms with Gasteiger partial charge in [-0.2, -0.15) is 0 Å². The average molecular weight is 538 g/mol. The molecule has 0 heterocycles. The Morgan fingerprint density at radius 3 is 1.83 bits per heavy atom. The molecule has 0 unspecified atom stereocenters. The molecule has 2 saturated carbocycles. The predicted octanol–water partition coefficient (Wildman–Crippen LogP) is 6.32. The summed E-state index contributed by atoms with van der Waals surface area (Å²) in [6.07, 6.45) is 6.19. The summed E-state index contributed by atoms with van der Waals surface area (Å²) < 4.78 is 2.65. The van der Waals surface area contributed by atoms with Gasteiger partial charge in [-0.25, -0.2) is 0 Å². The average Bonchev–Trinajstić information content (AvgIpc) is 2.82. The van der Waals surface area contributed by atoms with Gasteiger partial charge in [0.2, 0.25) is 0 Å². The van der Waals surface area contributed by atoms with Crippen LogP contribution in [0.5, 0.6) is 0 Å². The predicted molar refractivity (Wildman–Crippen MR) is 116 cm³/mol. The van der Waals surface area contributed by atoms with Crippen LogP contribution >= 0.6 is 45.2 Å². The van der Waals surface area contributed by atoms with Crippen LogP contribution in [-0.2, 0) is 10.8 Å². The van der Waals surface area contributed by atoms with Crippen LogP contribution in [0.3, 0.4) is 0 Å². The van der Waals surface area contributed by atoms with Gasteiger partial charge in [0.1, 0.15) is 0 Å². The van der Waals surface area contributed by atoms with Gasteiger partial charge >= 0.3 is 0 Å². The SMILES string of the molecule is CC1(C)[C@]2(c3ccc(I)cc3)[C@H]3CC=C[C@H]3[C@]12c1ccc(I)cc1. The maximum Gasteiger partial charge on any atom is 0.0184 e. The molecule has 5 rings (SSSR count). The van der Waals surface area contributed by atoms with E-state index in [4.69, 9.17) is 0 Å². The molecule has 0 radical (unpaired) electrons. The molecule has 2 fully saturated rings. The van der Waals surface area contributed by atoms with Crippen molar-refractivity contribution in [2.75, 3.05) is 0 Å². The zero-order valence-electron chi connectivity index (χ0n) is 13.9. The van der Waals surface area contributed by atoms with Gasteiger partial charge in [0.25, 0.3) is 0 Å². The second-order valence-electron chi connectivity index (χ2n) is 8.05. The summed E-state index contributed by atoms with van der Waals surface area (Å²) in [4.78, 5) is 0. The number of rotatable bonds is 2. The standard InChI is InChI=1S/C22H20I2/c1-20(2)21(14-6-10-16(23)11-7-14)18-4-3-5-19(18)22(20,21)15-8-12-17(24)13-9-15/h3-4,6-13,18-19H,5H2,1-2H3/t18-,19+,21-,22+/m1/s1. The van der Waals surface area contributed by atoms with Crippen molar-refractivity contribution in [3.63, 3.8) is 0 Å². The summed E-state index contributed by atoms with van der Waals surface area (Å²) in [5.41, 5.74) is 3.97. The lowest BCUT2D eigenvalue weighted by atomic mass is 9.54. The minimum Gasteiger partial charge on any atom is -0.0879 e. The monoisotopic (exact) mass is 538 g/mol. The van der Waals surface area contributed by atoms with Crippen molar-refractivity contribution in [2.45, 2.75) is 31.1 Å². The molecule has 0 aliphatic heterocycles. The topological polar surface area (TPSA) is 0 Å². The van der Waals surface area contributed by atoms with Crippen LogP contribution in [0.15, 0.2) is 60.7 Å². The molecule has 0 bridgehead atoms. The van der Waals surface area contributed by atoms with Gasteiger partial charge in [-0.3, -0.25) is 0 Å². The van der Waals surface area contributed by atoms with Crippen molar-refractivity contribution < 1.29 is 0 Å². The van der Waals surface area contributed by atoms with Gasteiger partial charge < -0.3 is 0 Å². The van der Waals surface area contributed by atoms with Gasteiger partial charge in [0, 0.05) is 18.0 Å². The quantitative estimate of drug-likeness (QED) is 0.311. The first-order valence-electron chi connectivity index (χ1n) is 8.66. The van der Waals surface area contributed by atoms with E-state index in [2.05, 4.69) is 120 Å². The molecule has 0 aromatic heterocycles. The molecule has 4 atom stereocenters. The van der Waals surface area contributed by atoms with Crippen LogP contribution < -0.4 is 0 Å². The van der Waals surface area contributed by atoms with Crippen LogP contribution in [0.25, 0.3) is 0 Å². The third kappa shape index (κ3) is 1.49. The summed E-state index contributed by atoms with van der Waals surface area (Å²) >= 11 is 4.83. The highest BCUT2D eigenvalue weighted by Gasteiger charge is 2.95. The molecule has 0 N–H and O–H groups in total. The Bertz CT molecular complexity index is 847. The number of hydrogen-bond donors (Lipinski definition) is 0. The van der Waals surface area contributed by atoms with Crippen LogP contribution in [0, 0.1) is 24.4 Å². The Labute approximate surface area is 171 Å². The fourth-order valence-electron chi connectivity index (χ4n) is 6.84. The summed E-state index contributed by atoms with van der Waals surface area (Å²) in [6, 6.07) is 18.7. The van der Waals surface area contributed by atoms with Gasteiger partial charge in [-0.1, -0.05) is 50.3 Å². The summed E-state index contributed by atoms with van der Waals surface area (Å²) in [7, 11) is 0. The highest BCUT2D eigenvalue weighted by Crippen LogP contribution is 2.94. The van der Waals surface area contributed by atoms with E-state index < -0.39 is 0 Å². The number of halogens is 2. The molecule has 2 aromatic rings.